The first-order valence-corrected chi connectivity index (χ1v) is 10.7. The Morgan fingerprint density at radius 3 is 2.57 bits per heavy atom. The van der Waals surface area contributed by atoms with Crippen molar-refractivity contribution < 1.29 is 14.3 Å². The zero-order chi connectivity index (χ0) is 19.7. The van der Waals surface area contributed by atoms with Crippen LogP contribution < -0.4 is 15.0 Å². The smallest absolute Gasteiger partial charge is 0.324 e. The topological polar surface area (TPSA) is 61.9 Å². The number of hydrogen-bond acceptors (Lipinski definition) is 3. The Hall–Kier alpha value is -1.95. The number of likely N-dealkylation sites (tertiary alicyclic amines) is 1. The maximum atomic E-state index is 13.2. The van der Waals surface area contributed by atoms with Gasteiger partial charge in [0.1, 0.15) is 11.9 Å². The lowest BCUT2D eigenvalue weighted by Gasteiger charge is -2.39. The molecule has 1 aromatic carbocycles. The molecule has 0 spiro atoms. The summed E-state index contributed by atoms with van der Waals surface area (Å²) in [5.41, 5.74) is 0.719. The minimum atomic E-state index is -0.0765. The largest absolute Gasteiger partial charge is 0.487 e. The van der Waals surface area contributed by atoms with Crippen LogP contribution in [0.3, 0.4) is 0 Å². The highest BCUT2D eigenvalue weighted by molar-refractivity contribution is 6.31. The third-order valence-corrected chi connectivity index (χ3v) is 6.28. The fourth-order valence-corrected chi connectivity index (χ4v) is 4.65. The van der Waals surface area contributed by atoms with E-state index >= 15 is 0 Å². The molecular weight excluding hydrogens is 378 g/mol. The molecule has 1 saturated carbocycles. The number of nitrogens with one attached hydrogen (secondary N) is 1. The molecule has 1 saturated heterocycles. The van der Waals surface area contributed by atoms with Crippen LogP contribution in [0.25, 0.3) is 0 Å². The fraction of sp³-hybridized carbons (Fsp3) is 0.619. The van der Waals surface area contributed by atoms with Crippen LogP contribution in [-0.2, 0) is 4.79 Å². The minimum Gasteiger partial charge on any atom is -0.487 e. The number of carbonyl (C=O) groups is 2. The van der Waals surface area contributed by atoms with E-state index in [0.29, 0.717) is 49.3 Å². The summed E-state index contributed by atoms with van der Waals surface area (Å²) in [5, 5.41) is 3.78. The molecule has 4 rings (SSSR count). The number of carbonyl (C=O) groups excluding carboxylic acids is 2. The van der Waals surface area contributed by atoms with Crippen molar-refractivity contribution in [3.05, 3.63) is 23.2 Å². The number of halogens is 1. The van der Waals surface area contributed by atoms with Crippen LogP contribution in [0, 0.1) is 5.92 Å². The summed E-state index contributed by atoms with van der Waals surface area (Å²) < 4.78 is 5.84. The molecule has 1 aliphatic carbocycles. The minimum absolute atomic E-state index is 0.00925. The van der Waals surface area contributed by atoms with Crippen LogP contribution >= 0.6 is 11.6 Å². The third-order valence-electron chi connectivity index (χ3n) is 6.05. The van der Waals surface area contributed by atoms with E-state index < -0.39 is 0 Å². The number of fused-ring (bicyclic) bond motifs is 1. The molecule has 1 aromatic rings. The Morgan fingerprint density at radius 1 is 1.14 bits per heavy atom. The zero-order valence-corrected chi connectivity index (χ0v) is 17.1. The molecule has 0 bridgehead atoms. The number of nitrogens with zero attached hydrogens (tertiary/aromatic N) is 2. The van der Waals surface area contributed by atoms with Gasteiger partial charge in [-0.2, -0.15) is 0 Å². The maximum absolute atomic E-state index is 13.2. The average molecular weight is 406 g/mol. The molecule has 2 heterocycles. The summed E-state index contributed by atoms with van der Waals surface area (Å²) in [5.74, 6) is 0.855. The van der Waals surface area contributed by atoms with Gasteiger partial charge in [0.15, 0.2) is 0 Å². The highest BCUT2D eigenvalue weighted by Crippen LogP contribution is 2.36. The van der Waals surface area contributed by atoms with Gasteiger partial charge in [-0.25, -0.2) is 4.79 Å². The summed E-state index contributed by atoms with van der Waals surface area (Å²) in [6, 6.07) is 5.68. The number of hydrogen-bond donors (Lipinski definition) is 1. The van der Waals surface area contributed by atoms with Crippen LogP contribution in [0.4, 0.5) is 10.5 Å². The van der Waals surface area contributed by atoms with E-state index in [1.807, 2.05) is 17.9 Å². The highest BCUT2D eigenvalue weighted by atomic mass is 35.5. The van der Waals surface area contributed by atoms with Crippen LogP contribution in [0.15, 0.2) is 18.2 Å². The van der Waals surface area contributed by atoms with E-state index in [2.05, 4.69) is 5.32 Å². The van der Waals surface area contributed by atoms with Crippen molar-refractivity contribution in [3.63, 3.8) is 0 Å². The molecule has 152 valence electrons. The van der Waals surface area contributed by atoms with Crippen molar-refractivity contribution in [2.45, 2.75) is 57.6 Å². The van der Waals surface area contributed by atoms with Crippen LogP contribution in [0.5, 0.6) is 5.75 Å². The van der Waals surface area contributed by atoms with Crippen molar-refractivity contribution in [1.82, 2.24) is 10.2 Å². The molecule has 2 aliphatic heterocycles. The first kappa shape index (κ1) is 19.4. The summed E-state index contributed by atoms with van der Waals surface area (Å²) >= 11 is 6.14. The van der Waals surface area contributed by atoms with Gasteiger partial charge in [0.25, 0.3) is 0 Å². The molecule has 0 aromatic heterocycles. The first-order valence-electron chi connectivity index (χ1n) is 10.3. The van der Waals surface area contributed by atoms with Gasteiger partial charge in [0, 0.05) is 30.1 Å². The molecule has 3 amide bonds. The number of piperidine rings is 1. The number of anilines is 1. The Labute approximate surface area is 171 Å². The molecule has 28 heavy (non-hydrogen) atoms. The first-order chi connectivity index (χ1) is 13.5. The molecule has 2 fully saturated rings. The summed E-state index contributed by atoms with van der Waals surface area (Å²) in [6.07, 6.45) is 5.97. The second-order valence-corrected chi connectivity index (χ2v) is 8.62. The van der Waals surface area contributed by atoms with E-state index in [0.717, 1.165) is 18.5 Å². The quantitative estimate of drug-likeness (QED) is 0.813. The summed E-state index contributed by atoms with van der Waals surface area (Å²) in [7, 11) is 0. The normalized spacial score (nSPS) is 23.3. The van der Waals surface area contributed by atoms with Crippen LogP contribution in [-0.4, -0.2) is 48.6 Å². The molecule has 6 nitrogen and oxygen atoms in total. The molecule has 1 atom stereocenters. The third kappa shape index (κ3) is 4.07. The van der Waals surface area contributed by atoms with E-state index in [1.54, 1.807) is 17.0 Å². The van der Waals surface area contributed by atoms with E-state index in [9.17, 15) is 9.59 Å². The van der Waals surface area contributed by atoms with Gasteiger partial charge in [-0.15, -0.1) is 0 Å². The summed E-state index contributed by atoms with van der Waals surface area (Å²) in [4.78, 5) is 29.3. The highest BCUT2D eigenvalue weighted by Gasteiger charge is 2.34. The van der Waals surface area contributed by atoms with Gasteiger partial charge >= 0.3 is 6.03 Å². The Morgan fingerprint density at radius 2 is 1.86 bits per heavy atom. The van der Waals surface area contributed by atoms with Crippen molar-refractivity contribution in [2.75, 3.05) is 24.5 Å². The second-order valence-electron chi connectivity index (χ2n) is 8.18. The Bertz CT molecular complexity index is 742. The SMILES string of the molecule is C[C@H]1CN(C(=O)N2CCC(C(=O)NC3CCCC3)CC2)c2cc(Cl)ccc2O1. The van der Waals surface area contributed by atoms with Gasteiger partial charge in [0.05, 0.1) is 12.2 Å². The number of urea groups is 1. The van der Waals surface area contributed by atoms with Gasteiger partial charge in [-0.1, -0.05) is 24.4 Å². The summed E-state index contributed by atoms with van der Waals surface area (Å²) in [6.45, 7) is 3.65. The Balaban J connectivity index is 1.38. The predicted molar refractivity (Wildman–Crippen MR) is 109 cm³/mol. The lowest BCUT2D eigenvalue weighted by Crippen LogP contribution is -2.52. The molecule has 7 heteroatoms. The predicted octanol–water partition coefficient (Wildman–Crippen LogP) is 3.82. The maximum Gasteiger partial charge on any atom is 0.324 e. The lowest BCUT2D eigenvalue weighted by atomic mass is 9.95. The standard InChI is InChI=1S/C21H28ClN3O3/c1-14-13-25(18-12-16(22)6-7-19(18)28-14)21(27)24-10-8-15(9-11-24)20(26)23-17-4-2-3-5-17/h6-7,12,14-15,17H,2-5,8-11,13H2,1H3,(H,23,26)/t14-/m0/s1. The van der Waals surface area contributed by atoms with E-state index in [4.69, 9.17) is 16.3 Å². The molecular formula is C21H28ClN3O3. The Kier molecular flexibility index (Phi) is 5.67. The van der Waals surface area contributed by atoms with Crippen molar-refractivity contribution in [2.24, 2.45) is 5.92 Å². The van der Waals surface area contributed by atoms with Gasteiger partial charge in [-0.05, 0) is 50.8 Å². The molecule has 0 unspecified atom stereocenters. The zero-order valence-electron chi connectivity index (χ0n) is 16.3. The second kappa shape index (κ2) is 8.19. The number of benzene rings is 1. The van der Waals surface area contributed by atoms with Crippen LogP contribution in [0.1, 0.15) is 45.4 Å². The monoisotopic (exact) mass is 405 g/mol. The average Bonchev–Trinajstić information content (AvgIpc) is 3.20. The van der Waals surface area contributed by atoms with Crippen molar-refractivity contribution in [1.29, 1.82) is 0 Å². The fourth-order valence-electron chi connectivity index (χ4n) is 4.48. The molecule has 0 radical (unpaired) electrons. The van der Waals surface area contributed by atoms with Gasteiger partial charge in [0.2, 0.25) is 5.91 Å². The van der Waals surface area contributed by atoms with E-state index in [-0.39, 0.29) is 24.0 Å². The molecule has 1 N–H and O–H groups in total. The molecule has 3 aliphatic rings. The van der Waals surface area contributed by atoms with Gasteiger partial charge in [-0.3, -0.25) is 9.69 Å². The number of rotatable bonds is 2. The number of amides is 3. The van der Waals surface area contributed by atoms with Crippen molar-refractivity contribution in [3.8, 4) is 5.75 Å². The van der Waals surface area contributed by atoms with Crippen molar-refractivity contribution >= 4 is 29.2 Å². The van der Waals surface area contributed by atoms with Crippen LogP contribution in [0.2, 0.25) is 5.02 Å². The van der Waals surface area contributed by atoms with Gasteiger partial charge < -0.3 is 15.0 Å². The lowest BCUT2D eigenvalue weighted by molar-refractivity contribution is -0.126. The number of ether oxygens (including phenoxy) is 1. The van der Waals surface area contributed by atoms with E-state index in [1.165, 1.54) is 12.8 Å².